The average Bonchev–Trinajstić information content (AvgIpc) is 2.20. The lowest BCUT2D eigenvalue weighted by molar-refractivity contribution is 0.404. The second-order valence-electron chi connectivity index (χ2n) is 3.36. The molecule has 0 atom stereocenters. The summed E-state index contributed by atoms with van der Waals surface area (Å²) in [7, 11) is 0. The summed E-state index contributed by atoms with van der Waals surface area (Å²) in [5, 5.41) is 19.6. The topological polar surface area (TPSA) is 40.5 Å². The van der Waals surface area contributed by atoms with Crippen LogP contribution in [0.5, 0.6) is 11.5 Å². The SMILES string of the molecule is Oc1ccc(-c2cc(Cl)cc(Cl)c2)cc1O. The Labute approximate surface area is 103 Å². The summed E-state index contributed by atoms with van der Waals surface area (Å²) < 4.78 is 0. The zero-order valence-electron chi connectivity index (χ0n) is 8.11. The predicted octanol–water partition coefficient (Wildman–Crippen LogP) is 4.07. The van der Waals surface area contributed by atoms with Gasteiger partial charge in [-0.1, -0.05) is 29.3 Å². The Hall–Kier alpha value is -1.38. The zero-order chi connectivity index (χ0) is 11.7. The number of phenols is 2. The predicted molar refractivity (Wildman–Crippen MR) is 65.2 cm³/mol. The summed E-state index contributed by atoms with van der Waals surface area (Å²) in [6.07, 6.45) is 0. The van der Waals surface area contributed by atoms with E-state index in [0.717, 1.165) is 11.1 Å². The molecule has 4 heteroatoms. The Morgan fingerprint density at radius 3 is 1.88 bits per heavy atom. The summed E-state index contributed by atoms with van der Waals surface area (Å²) in [5.41, 5.74) is 1.52. The number of hydrogen-bond acceptors (Lipinski definition) is 2. The van der Waals surface area contributed by atoms with Gasteiger partial charge in [0, 0.05) is 10.0 Å². The molecule has 0 radical (unpaired) electrons. The Kier molecular flexibility index (Phi) is 2.95. The molecule has 0 bridgehead atoms. The van der Waals surface area contributed by atoms with E-state index in [1.807, 2.05) is 0 Å². The molecule has 2 aromatic rings. The highest BCUT2D eigenvalue weighted by molar-refractivity contribution is 6.35. The van der Waals surface area contributed by atoms with Crippen LogP contribution in [0.25, 0.3) is 11.1 Å². The van der Waals surface area contributed by atoms with Gasteiger partial charge in [-0.05, 0) is 41.5 Å². The van der Waals surface area contributed by atoms with Crippen LogP contribution < -0.4 is 0 Å². The number of hydrogen-bond donors (Lipinski definition) is 2. The standard InChI is InChI=1S/C12H8Cl2O2/c13-9-3-8(4-10(14)6-9)7-1-2-11(15)12(16)5-7/h1-6,15-16H. The molecule has 0 amide bonds. The number of phenolic OH excluding ortho intramolecular Hbond substituents is 2. The molecule has 0 saturated carbocycles. The first-order chi connectivity index (χ1) is 7.56. The fourth-order valence-corrected chi connectivity index (χ4v) is 1.95. The molecule has 2 nitrogen and oxygen atoms in total. The van der Waals surface area contributed by atoms with Crippen molar-refractivity contribution < 1.29 is 10.2 Å². The molecule has 2 rings (SSSR count). The van der Waals surface area contributed by atoms with E-state index in [0.29, 0.717) is 10.0 Å². The smallest absolute Gasteiger partial charge is 0.158 e. The largest absolute Gasteiger partial charge is 0.504 e. The van der Waals surface area contributed by atoms with Gasteiger partial charge in [0.15, 0.2) is 11.5 Å². The van der Waals surface area contributed by atoms with E-state index >= 15 is 0 Å². The summed E-state index contributed by atoms with van der Waals surface area (Å²) in [4.78, 5) is 0. The molecular formula is C12H8Cl2O2. The Bertz CT molecular complexity index is 518. The Morgan fingerprint density at radius 1 is 0.688 bits per heavy atom. The highest BCUT2D eigenvalue weighted by Crippen LogP contribution is 2.32. The monoisotopic (exact) mass is 254 g/mol. The normalized spacial score (nSPS) is 10.4. The molecular weight excluding hydrogens is 247 g/mol. The summed E-state index contributed by atoms with van der Waals surface area (Å²) >= 11 is 11.7. The molecule has 0 heterocycles. The van der Waals surface area contributed by atoms with Gasteiger partial charge in [-0.3, -0.25) is 0 Å². The van der Waals surface area contributed by atoms with Crippen LogP contribution in [0.1, 0.15) is 0 Å². The summed E-state index contributed by atoms with van der Waals surface area (Å²) in [5.74, 6) is -0.328. The van der Waals surface area contributed by atoms with Crippen LogP contribution in [0.4, 0.5) is 0 Å². The Balaban J connectivity index is 2.54. The maximum absolute atomic E-state index is 9.38. The van der Waals surface area contributed by atoms with Gasteiger partial charge >= 0.3 is 0 Å². The third kappa shape index (κ3) is 2.23. The van der Waals surface area contributed by atoms with Crippen LogP contribution in [-0.2, 0) is 0 Å². The van der Waals surface area contributed by atoms with Gasteiger partial charge in [0.2, 0.25) is 0 Å². The van der Waals surface area contributed by atoms with E-state index in [1.54, 1.807) is 24.3 Å². The van der Waals surface area contributed by atoms with Gasteiger partial charge in [0.1, 0.15) is 0 Å². The molecule has 2 aromatic carbocycles. The molecule has 0 fully saturated rings. The Morgan fingerprint density at radius 2 is 1.31 bits per heavy atom. The van der Waals surface area contributed by atoms with Crippen molar-refractivity contribution in [2.24, 2.45) is 0 Å². The molecule has 16 heavy (non-hydrogen) atoms. The third-order valence-electron chi connectivity index (χ3n) is 2.17. The van der Waals surface area contributed by atoms with E-state index in [4.69, 9.17) is 23.2 Å². The molecule has 0 unspecified atom stereocenters. The first-order valence-corrected chi connectivity index (χ1v) is 5.30. The molecule has 0 aromatic heterocycles. The quantitative estimate of drug-likeness (QED) is 0.754. The van der Waals surface area contributed by atoms with Crippen LogP contribution in [0.15, 0.2) is 36.4 Å². The van der Waals surface area contributed by atoms with E-state index < -0.39 is 0 Å². The second kappa shape index (κ2) is 4.24. The second-order valence-corrected chi connectivity index (χ2v) is 4.23. The van der Waals surface area contributed by atoms with Crippen molar-refractivity contribution in [3.8, 4) is 22.6 Å². The van der Waals surface area contributed by atoms with Gasteiger partial charge in [0.05, 0.1) is 0 Å². The van der Waals surface area contributed by atoms with Crippen LogP contribution in [0.2, 0.25) is 10.0 Å². The maximum Gasteiger partial charge on any atom is 0.158 e. The van der Waals surface area contributed by atoms with Crippen molar-refractivity contribution in [1.82, 2.24) is 0 Å². The zero-order valence-corrected chi connectivity index (χ0v) is 9.63. The molecule has 82 valence electrons. The first kappa shape index (κ1) is 11.1. The number of benzene rings is 2. The van der Waals surface area contributed by atoms with E-state index in [9.17, 15) is 10.2 Å². The van der Waals surface area contributed by atoms with Gasteiger partial charge in [-0.15, -0.1) is 0 Å². The van der Waals surface area contributed by atoms with Gasteiger partial charge in [-0.25, -0.2) is 0 Å². The van der Waals surface area contributed by atoms with Crippen LogP contribution in [0, 0.1) is 0 Å². The van der Waals surface area contributed by atoms with Gasteiger partial charge in [0.25, 0.3) is 0 Å². The lowest BCUT2D eigenvalue weighted by Gasteiger charge is -2.05. The van der Waals surface area contributed by atoms with Crippen molar-refractivity contribution in [2.75, 3.05) is 0 Å². The summed E-state index contributed by atoms with van der Waals surface area (Å²) in [6.45, 7) is 0. The third-order valence-corrected chi connectivity index (χ3v) is 2.61. The fourth-order valence-electron chi connectivity index (χ4n) is 1.42. The minimum atomic E-state index is -0.173. The molecule has 0 aliphatic rings. The van der Waals surface area contributed by atoms with Gasteiger partial charge in [-0.2, -0.15) is 0 Å². The lowest BCUT2D eigenvalue weighted by atomic mass is 10.1. The average molecular weight is 255 g/mol. The number of rotatable bonds is 1. The van der Waals surface area contributed by atoms with Crippen molar-refractivity contribution in [2.45, 2.75) is 0 Å². The van der Waals surface area contributed by atoms with Gasteiger partial charge < -0.3 is 10.2 Å². The van der Waals surface area contributed by atoms with Crippen LogP contribution in [0.3, 0.4) is 0 Å². The molecule has 0 saturated heterocycles. The minimum Gasteiger partial charge on any atom is -0.504 e. The summed E-state index contributed by atoms with van der Waals surface area (Å²) in [6, 6.07) is 9.65. The molecule has 0 aliphatic heterocycles. The lowest BCUT2D eigenvalue weighted by Crippen LogP contribution is -1.79. The van der Waals surface area contributed by atoms with Crippen molar-refractivity contribution in [3.63, 3.8) is 0 Å². The fraction of sp³-hybridized carbons (Fsp3) is 0. The van der Waals surface area contributed by atoms with E-state index in [-0.39, 0.29) is 11.5 Å². The molecule has 2 N–H and O–H groups in total. The first-order valence-electron chi connectivity index (χ1n) is 4.55. The minimum absolute atomic E-state index is 0.156. The van der Waals surface area contributed by atoms with Crippen molar-refractivity contribution in [1.29, 1.82) is 0 Å². The highest BCUT2D eigenvalue weighted by atomic mass is 35.5. The number of halogens is 2. The van der Waals surface area contributed by atoms with E-state index in [2.05, 4.69) is 0 Å². The molecule has 0 spiro atoms. The number of aromatic hydroxyl groups is 2. The van der Waals surface area contributed by atoms with Crippen LogP contribution >= 0.6 is 23.2 Å². The highest BCUT2D eigenvalue weighted by Gasteiger charge is 2.04. The van der Waals surface area contributed by atoms with E-state index in [1.165, 1.54) is 12.1 Å². The van der Waals surface area contributed by atoms with Crippen molar-refractivity contribution >= 4 is 23.2 Å². The maximum atomic E-state index is 9.38. The van der Waals surface area contributed by atoms with Crippen molar-refractivity contribution in [3.05, 3.63) is 46.4 Å². The van der Waals surface area contributed by atoms with Crippen LogP contribution in [-0.4, -0.2) is 10.2 Å². The molecule has 0 aliphatic carbocycles.